The molecular weight excluding hydrogens is 352 g/mol. The molecule has 1 fully saturated rings. The molecule has 0 saturated heterocycles. The zero-order chi connectivity index (χ0) is 15.5. The van der Waals surface area contributed by atoms with Crippen LogP contribution in [0.5, 0.6) is 0 Å². The van der Waals surface area contributed by atoms with Crippen LogP contribution in [-0.2, 0) is 16.6 Å². The number of hydrogen-bond donors (Lipinski definition) is 1. The molecule has 1 aromatic rings. The van der Waals surface area contributed by atoms with Crippen LogP contribution in [0.2, 0.25) is 0 Å². The van der Waals surface area contributed by atoms with E-state index in [1.165, 1.54) is 17.1 Å². The lowest BCUT2D eigenvalue weighted by atomic mass is 10.1. The molecule has 1 aliphatic rings. The Labute approximate surface area is 136 Å². The van der Waals surface area contributed by atoms with Gasteiger partial charge in [0.05, 0.1) is 4.90 Å². The van der Waals surface area contributed by atoms with Crippen molar-refractivity contribution in [1.82, 2.24) is 9.62 Å². The Bertz CT molecular complexity index is 583. The van der Waals surface area contributed by atoms with Gasteiger partial charge in [0.15, 0.2) is 0 Å². The molecule has 0 atom stereocenters. The molecule has 118 valence electrons. The summed E-state index contributed by atoms with van der Waals surface area (Å²) in [6.07, 6.45) is 4.72. The minimum absolute atomic E-state index is 0.357. The Kier molecular flexibility index (Phi) is 5.82. The van der Waals surface area contributed by atoms with E-state index in [-0.39, 0.29) is 0 Å². The third-order valence-electron chi connectivity index (χ3n) is 4.05. The first-order valence-electron chi connectivity index (χ1n) is 7.34. The highest BCUT2D eigenvalue weighted by atomic mass is 79.9. The number of halogens is 1. The van der Waals surface area contributed by atoms with Crippen LogP contribution in [-0.4, -0.2) is 33.4 Å². The molecule has 0 radical (unpaired) electrons. The van der Waals surface area contributed by atoms with Crippen molar-refractivity contribution in [1.29, 1.82) is 0 Å². The van der Waals surface area contributed by atoms with E-state index in [9.17, 15) is 8.42 Å². The first-order valence-corrected chi connectivity index (χ1v) is 9.58. The van der Waals surface area contributed by atoms with Crippen LogP contribution in [0.4, 0.5) is 0 Å². The molecule has 1 saturated carbocycles. The summed E-state index contributed by atoms with van der Waals surface area (Å²) in [6, 6.07) is 5.49. The molecule has 0 spiro atoms. The van der Waals surface area contributed by atoms with E-state index in [1.807, 2.05) is 19.2 Å². The molecule has 1 aliphatic carbocycles. The highest BCUT2D eigenvalue weighted by molar-refractivity contribution is 9.10. The SMILES string of the molecule is CNCc1ccc(Br)c(S(=O)(=O)N(C)CC2CCCC2)c1. The molecular formula is C15H23BrN2O2S. The van der Waals surface area contributed by atoms with Crippen LogP contribution in [0.3, 0.4) is 0 Å². The van der Waals surface area contributed by atoms with E-state index in [0.717, 1.165) is 18.4 Å². The number of nitrogens with one attached hydrogen (secondary N) is 1. The molecule has 0 aliphatic heterocycles. The van der Waals surface area contributed by atoms with Gasteiger partial charge in [-0.15, -0.1) is 0 Å². The second-order valence-electron chi connectivity index (χ2n) is 5.73. The molecule has 2 rings (SSSR count). The van der Waals surface area contributed by atoms with Gasteiger partial charge in [0.1, 0.15) is 0 Å². The summed E-state index contributed by atoms with van der Waals surface area (Å²) in [4.78, 5) is 0.357. The second kappa shape index (κ2) is 7.22. The minimum atomic E-state index is -3.44. The summed E-state index contributed by atoms with van der Waals surface area (Å²) in [5.74, 6) is 0.504. The second-order valence-corrected chi connectivity index (χ2v) is 8.60. The lowest BCUT2D eigenvalue weighted by Gasteiger charge is -2.21. The van der Waals surface area contributed by atoms with Gasteiger partial charge in [0, 0.05) is 24.6 Å². The van der Waals surface area contributed by atoms with Crippen LogP contribution in [0.1, 0.15) is 31.2 Å². The maximum absolute atomic E-state index is 12.8. The molecule has 1 aromatic carbocycles. The van der Waals surface area contributed by atoms with E-state index >= 15 is 0 Å². The third-order valence-corrected chi connectivity index (χ3v) is 6.87. The van der Waals surface area contributed by atoms with Crippen molar-refractivity contribution in [3.05, 3.63) is 28.2 Å². The summed E-state index contributed by atoms with van der Waals surface area (Å²) < 4.78 is 27.7. The third kappa shape index (κ3) is 4.06. The Morgan fingerprint density at radius 3 is 2.62 bits per heavy atom. The van der Waals surface area contributed by atoms with Crippen LogP contribution in [0.25, 0.3) is 0 Å². The Hall–Kier alpha value is -0.430. The van der Waals surface area contributed by atoms with Crippen molar-refractivity contribution in [3.8, 4) is 0 Å². The van der Waals surface area contributed by atoms with Crippen molar-refractivity contribution >= 4 is 26.0 Å². The maximum Gasteiger partial charge on any atom is 0.243 e. The molecule has 21 heavy (non-hydrogen) atoms. The van der Waals surface area contributed by atoms with Gasteiger partial charge in [-0.25, -0.2) is 12.7 Å². The monoisotopic (exact) mass is 374 g/mol. The standard InChI is InChI=1S/C15H23BrN2O2S/c1-17-10-13-7-8-14(16)15(9-13)21(19,20)18(2)11-12-5-3-4-6-12/h7-9,12,17H,3-6,10-11H2,1-2H3. The van der Waals surface area contributed by atoms with Crippen LogP contribution < -0.4 is 5.32 Å². The summed E-state index contributed by atoms with van der Waals surface area (Å²) in [6.45, 7) is 1.27. The van der Waals surface area contributed by atoms with E-state index < -0.39 is 10.0 Å². The van der Waals surface area contributed by atoms with E-state index in [4.69, 9.17) is 0 Å². The van der Waals surface area contributed by atoms with Gasteiger partial charge in [-0.05, 0) is 59.4 Å². The maximum atomic E-state index is 12.8. The lowest BCUT2D eigenvalue weighted by Crippen LogP contribution is -2.31. The van der Waals surface area contributed by atoms with Gasteiger partial charge >= 0.3 is 0 Å². The largest absolute Gasteiger partial charge is 0.316 e. The molecule has 0 amide bonds. The average molecular weight is 375 g/mol. The van der Waals surface area contributed by atoms with E-state index in [0.29, 0.717) is 28.4 Å². The first-order chi connectivity index (χ1) is 9.95. The zero-order valence-electron chi connectivity index (χ0n) is 12.6. The molecule has 0 bridgehead atoms. The van der Waals surface area contributed by atoms with Crippen molar-refractivity contribution in [2.45, 2.75) is 37.1 Å². The van der Waals surface area contributed by atoms with Crippen molar-refractivity contribution < 1.29 is 8.42 Å². The van der Waals surface area contributed by atoms with Crippen molar-refractivity contribution in [3.63, 3.8) is 0 Å². The minimum Gasteiger partial charge on any atom is -0.316 e. The first kappa shape index (κ1) is 16.9. The lowest BCUT2D eigenvalue weighted by molar-refractivity contribution is 0.387. The number of benzene rings is 1. The van der Waals surface area contributed by atoms with E-state index in [1.54, 1.807) is 13.1 Å². The highest BCUT2D eigenvalue weighted by Gasteiger charge is 2.27. The topological polar surface area (TPSA) is 49.4 Å². The Morgan fingerprint density at radius 2 is 2.00 bits per heavy atom. The van der Waals surface area contributed by atoms with Crippen LogP contribution in [0.15, 0.2) is 27.6 Å². The number of sulfonamides is 1. The Morgan fingerprint density at radius 1 is 1.33 bits per heavy atom. The number of rotatable bonds is 6. The van der Waals surface area contributed by atoms with E-state index in [2.05, 4.69) is 21.2 Å². The zero-order valence-corrected chi connectivity index (χ0v) is 15.0. The van der Waals surface area contributed by atoms with Gasteiger partial charge < -0.3 is 5.32 Å². The van der Waals surface area contributed by atoms with Gasteiger partial charge in [0.2, 0.25) is 10.0 Å². The van der Waals surface area contributed by atoms with Crippen molar-refractivity contribution in [2.24, 2.45) is 5.92 Å². The van der Waals surface area contributed by atoms with Crippen LogP contribution >= 0.6 is 15.9 Å². The van der Waals surface area contributed by atoms with Gasteiger partial charge in [-0.1, -0.05) is 18.9 Å². The molecule has 0 aromatic heterocycles. The number of nitrogens with zero attached hydrogens (tertiary/aromatic N) is 1. The quantitative estimate of drug-likeness (QED) is 0.832. The summed E-state index contributed by atoms with van der Waals surface area (Å²) in [7, 11) is 0.0957. The van der Waals surface area contributed by atoms with Crippen molar-refractivity contribution in [2.75, 3.05) is 20.6 Å². The van der Waals surface area contributed by atoms with Gasteiger partial charge in [0.25, 0.3) is 0 Å². The predicted octanol–water partition coefficient (Wildman–Crippen LogP) is 2.98. The smallest absolute Gasteiger partial charge is 0.243 e. The van der Waals surface area contributed by atoms with Crippen LogP contribution in [0, 0.1) is 5.92 Å². The van der Waals surface area contributed by atoms with Gasteiger partial charge in [-0.3, -0.25) is 0 Å². The number of hydrogen-bond acceptors (Lipinski definition) is 3. The molecule has 0 unspecified atom stereocenters. The Balaban J connectivity index is 2.22. The fraction of sp³-hybridized carbons (Fsp3) is 0.600. The molecule has 4 nitrogen and oxygen atoms in total. The highest BCUT2D eigenvalue weighted by Crippen LogP contribution is 2.29. The molecule has 1 N–H and O–H groups in total. The fourth-order valence-corrected chi connectivity index (χ4v) is 5.10. The summed E-state index contributed by atoms with van der Waals surface area (Å²) in [5, 5.41) is 3.05. The summed E-state index contributed by atoms with van der Waals surface area (Å²) in [5.41, 5.74) is 0.966. The summed E-state index contributed by atoms with van der Waals surface area (Å²) >= 11 is 3.37. The normalized spacial score (nSPS) is 16.8. The molecule has 6 heteroatoms. The average Bonchev–Trinajstić information content (AvgIpc) is 2.94. The molecule has 0 heterocycles. The fourth-order valence-electron chi connectivity index (χ4n) is 2.88. The van der Waals surface area contributed by atoms with Gasteiger partial charge in [-0.2, -0.15) is 0 Å². The predicted molar refractivity (Wildman–Crippen MR) is 88.7 cm³/mol.